The predicted octanol–water partition coefficient (Wildman–Crippen LogP) is 4.66. The van der Waals surface area contributed by atoms with Crippen LogP contribution in [0.25, 0.3) is 0 Å². The van der Waals surface area contributed by atoms with Gasteiger partial charge in [-0.2, -0.15) is 4.31 Å². The molecule has 1 aliphatic heterocycles. The lowest BCUT2D eigenvalue weighted by atomic mass is 9.94. The molecule has 1 fully saturated rings. The highest BCUT2D eigenvalue weighted by molar-refractivity contribution is 7.93. The van der Waals surface area contributed by atoms with Crippen molar-refractivity contribution in [3.8, 4) is 0 Å². The van der Waals surface area contributed by atoms with E-state index in [0.717, 1.165) is 44.1 Å². The summed E-state index contributed by atoms with van der Waals surface area (Å²) in [5, 5.41) is 0. The van der Waals surface area contributed by atoms with Gasteiger partial charge in [0.1, 0.15) is 0 Å². The van der Waals surface area contributed by atoms with Crippen molar-refractivity contribution in [1.29, 1.82) is 0 Å². The van der Waals surface area contributed by atoms with Gasteiger partial charge in [-0.15, -0.1) is 0 Å². The van der Waals surface area contributed by atoms with Crippen molar-refractivity contribution in [2.75, 3.05) is 26.2 Å². The van der Waals surface area contributed by atoms with Gasteiger partial charge in [-0.25, -0.2) is 8.42 Å². The maximum atomic E-state index is 13.5. The van der Waals surface area contributed by atoms with E-state index in [2.05, 4.69) is 32.6 Å². The van der Waals surface area contributed by atoms with Crippen LogP contribution in [0.4, 0.5) is 0 Å². The minimum atomic E-state index is -3.61. The first-order chi connectivity index (χ1) is 14.3. The number of nitrogens with zero attached hydrogens (tertiary/aromatic N) is 2. The number of hydrogen-bond acceptors (Lipinski definition) is 3. The molecular formula is C24H38N2O3S. The van der Waals surface area contributed by atoms with Crippen LogP contribution in [0.2, 0.25) is 0 Å². The van der Waals surface area contributed by atoms with E-state index < -0.39 is 10.0 Å². The molecule has 2 rings (SSSR count). The minimum Gasteiger partial charge on any atom is -0.337 e. The van der Waals surface area contributed by atoms with Crippen LogP contribution in [0.15, 0.2) is 47.4 Å². The van der Waals surface area contributed by atoms with E-state index >= 15 is 0 Å². The van der Waals surface area contributed by atoms with Crippen molar-refractivity contribution >= 4 is 15.9 Å². The third kappa shape index (κ3) is 6.67. The molecule has 1 aliphatic carbocycles. The average Bonchev–Trinajstić information content (AvgIpc) is 2.77. The van der Waals surface area contributed by atoms with Gasteiger partial charge in [0, 0.05) is 26.2 Å². The van der Waals surface area contributed by atoms with Crippen LogP contribution in [0.5, 0.6) is 0 Å². The second-order valence-electron chi connectivity index (χ2n) is 8.46. The molecule has 0 aromatic heterocycles. The standard InChI is InChI=1S/C24H38N2O3S/c1-5-7-11-20(3)21(4)18-23(19-22-12-9-8-10-13-22)30(28,29)26-16-14-25(15-17-26)24(27)6-2/h6,9,12,18-20,22H,2,5,7-8,10-11,13-17H2,1,3-4H3/b21-18+,23-19+. The van der Waals surface area contributed by atoms with Crippen molar-refractivity contribution in [1.82, 2.24) is 9.21 Å². The van der Waals surface area contributed by atoms with Crippen LogP contribution in [-0.4, -0.2) is 49.7 Å². The number of carbonyl (C=O) groups excluding carboxylic acids is 1. The summed E-state index contributed by atoms with van der Waals surface area (Å²) >= 11 is 0. The van der Waals surface area contributed by atoms with E-state index in [9.17, 15) is 13.2 Å². The zero-order valence-electron chi connectivity index (χ0n) is 18.8. The summed E-state index contributed by atoms with van der Waals surface area (Å²) in [6, 6.07) is 0. The van der Waals surface area contributed by atoms with Crippen LogP contribution >= 0.6 is 0 Å². The zero-order chi connectivity index (χ0) is 22.1. The quantitative estimate of drug-likeness (QED) is 0.301. The second kappa shape index (κ2) is 11.7. The molecule has 0 aromatic carbocycles. The summed E-state index contributed by atoms with van der Waals surface area (Å²) in [5.41, 5.74) is 1.11. The molecule has 1 saturated heterocycles. The number of allylic oxidation sites excluding steroid dienone is 5. The smallest absolute Gasteiger partial charge is 0.246 e. The highest BCUT2D eigenvalue weighted by atomic mass is 32.2. The lowest BCUT2D eigenvalue weighted by Crippen LogP contribution is -2.50. The largest absolute Gasteiger partial charge is 0.337 e. The molecule has 0 aromatic rings. The van der Waals surface area contributed by atoms with Crippen molar-refractivity contribution in [3.05, 3.63) is 47.4 Å². The first kappa shape index (κ1) is 24.6. The molecule has 6 heteroatoms. The molecular weight excluding hydrogens is 396 g/mol. The maximum absolute atomic E-state index is 13.5. The molecule has 0 spiro atoms. The van der Waals surface area contributed by atoms with Gasteiger partial charge in [0.15, 0.2) is 0 Å². The Hall–Kier alpha value is -1.66. The van der Waals surface area contributed by atoms with E-state index in [1.54, 1.807) is 4.90 Å². The molecule has 5 nitrogen and oxygen atoms in total. The molecule has 2 atom stereocenters. The van der Waals surface area contributed by atoms with E-state index in [1.807, 2.05) is 19.1 Å². The lowest BCUT2D eigenvalue weighted by Gasteiger charge is -2.34. The van der Waals surface area contributed by atoms with E-state index in [1.165, 1.54) is 10.4 Å². The second-order valence-corrected chi connectivity index (χ2v) is 10.4. The summed E-state index contributed by atoms with van der Waals surface area (Å²) < 4.78 is 28.6. The molecule has 2 aliphatic rings. The Kier molecular flexibility index (Phi) is 9.56. The zero-order valence-corrected chi connectivity index (χ0v) is 19.7. The number of sulfonamides is 1. The Morgan fingerprint density at radius 3 is 2.53 bits per heavy atom. The third-order valence-electron chi connectivity index (χ3n) is 6.17. The molecule has 2 unspecified atom stereocenters. The first-order valence-corrected chi connectivity index (χ1v) is 12.7. The topological polar surface area (TPSA) is 57.7 Å². The first-order valence-electron chi connectivity index (χ1n) is 11.3. The number of amides is 1. The van der Waals surface area contributed by atoms with Gasteiger partial charge >= 0.3 is 0 Å². The maximum Gasteiger partial charge on any atom is 0.246 e. The fraction of sp³-hybridized carbons (Fsp3) is 0.625. The minimum absolute atomic E-state index is 0.143. The average molecular weight is 435 g/mol. The van der Waals surface area contributed by atoms with Crippen molar-refractivity contribution < 1.29 is 13.2 Å². The summed E-state index contributed by atoms with van der Waals surface area (Å²) in [7, 11) is -3.61. The predicted molar refractivity (Wildman–Crippen MR) is 124 cm³/mol. The summed E-state index contributed by atoms with van der Waals surface area (Å²) in [4.78, 5) is 13.9. The summed E-state index contributed by atoms with van der Waals surface area (Å²) in [5.74, 6) is 0.366. The SMILES string of the molecule is C=CC(=O)N1CCN(S(=O)(=O)C(/C=C(\C)C(C)CCCC)=C/C2C=CCCC2)CC1. The van der Waals surface area contributed by atoms with Crippen molar-refractivity contribution in [2.45, 2.75) is 59.3 Å². The summed E-state index contributed by atoms with van der Waals surface area (Å²) in [6.07, 6.45) is 15.9. The van der Waals surface area contributed by atoms with Gasteiger partial charge in [0.2, 0.25) is 15.9 Å². The molecule has 168 valence electrons. The van der Waals surface area contributed by atoms with Crippen LogP contribution in [0, 0.1) is 11.8 Å². The molecule has 0 bridgehead atoms. The van der Waals surface area contributed by atoms with Gasteiger partial charge in [-0.1, -0.05) is 57.1 Å². The normalized spacial score (nSPS) is 22.8. The van der Waals surface area contributed by atoms with Gasteiger partial charge in [-0.3, -0.25) is 4.79 Å². The highest BCUT2D eigenvalue weighted by Crippen LogP contribution is 2.27. The van der Waals surface area contributed by atoms with Crippen LogP contribution in [0.3, 0.4) is 0 Å². The molecule has 30 heavy (non-hydrogen) atoms. The molecule has 1 heterocycles. The van der Waals surface area contributed by atoms with E-state index in [-0.39, 0.29) is 11.8 Å². The fourth-order valence-electron chi connectivity index (χ4n) is 3.93. The van der Waals surface area contributed by atoms with Crippen molar-refractivity contribution in [2.24, 2.45) is 11.8 Å². The number of piperazine rings is 1. The number of hydrogen-bond donors (Lipinski definition) is 0. The number of unbranched alkanes of at least 4 members (excludes halogenated alkanes) is 1. The van der Waals surface area contributed by atoms with E-state index in [0.29, 0.717) is 37.0 Å². The summed E-state index contributed by atoms with van der Waals surface area (Å²) in [6.45, 7) is 11.3. The van der Waals surface area contributed by atoms with Gasteiger partial charge in [0.25, 0.3) is 0 Å². The Morgan fingerprint density at radius 1 is 1.27 bits per heavy atom. The van der Waals surface area contributed by atoms with Gasteiger partial charge in [0.05, 0.1) is 4.91 Å². The fourth-order valence-corrected chi connectivity index (χ4v) is 5.55. The molecule has 1 amide bonds. The molecule has 0 saturated carbocycles. The molecule has 0 radical (unpaired) electrons. The Morgan fingerprint density at radius 2 is 1.97 bits per heavy atom. The van der Waals surface area contributed by atoms with Crippen LogP contribution in [0.1, 0.15) is 59.3 Å². The lowest BCUT2D eigenvalue weighted by molar-refractivity contribution is -0.127. The molecule has 0 N–H and O–H groups in total. The monoisotopic (exact) mass is 434 g/mol. The van der Waals surface area contributed by atoms with Crippen LogP contribution < -0.4 is 0 Å². The van der Waals surface area contributed by atoms with Crippen molar-refractivity contribution in [3.63, 3.8) is 0 Å². The van der Waals surface area contributed by atoms with Gasteiger partial charge < -0.3 is 4.90 Å². The Bertz CT molecular complexity index is 787. The Labute approximate surface area is 183 Å². The van der Waals surface area contributed by atoms with E-state index in [4.69, 9.17) is 0 Å². The number of carbonyl (C=O) groups is 1. The van der Waals surface area contributed by atoms with Gasteiger partial charge in [-0.05, 0) is 56.6 Å². The third-order valence-corrected chi connectivity index (χ3v) is 8.07. The Balaban J connectivity index is 2.27. The number of rotatable bonds is 9. The highest BCUT2D eigenvalue weighted by Gasteiger charge is 2.31. The van der Waals surface area contributed by atoms with Crippen LogP contribution in [-0.2, 0) is 14.8 Å².